The van der Waals surface area contributed by atoms with Crippen molar-refractivity contribution >= 4 is 0 Å². The molecule has 0 bridgehead atoms. The van der Waals surface area contributed by atoms with Gasteiger partial charge >= 0.3 is 0 Å². The molecule has 1 aliphatic heterocycles. The highest BCUT2D eigenvalue weighted by molar-refractivity contribution is 5.22. The molecule has 1 aromatic rings. The topological polar surface area (TPSA) is 34.4 Å². The molecule has 0 aliphatic carbocycles. The van der Waals surface area contributed by atoms with Gasteiger partial charge in [-0.2, -0.15) is 0 Å². The van der Waals surface area contributed by atoms with Gasteiger partial charge in [-0.05, 0) is 51.4 Å². The summed E-state index contributed by atoms with van der Waals surface area (Å²) in [5.74, 6) is 2.03. The van der Waals surface area contributed by atoms with E-state index in [0.717, 1.165) is 43.9 Å². The number of furan rings is 1. The molecule has 1 fully saturated rings. The van der Waals surface area contributed by atoms with E-state index in [-0.39, 0.29) is 5.60 Å². The summed E-state index contributed by atoms with van der Waals surface area (Å²) in [6.07, 6.45) is 3.12. The second-order valence-corrected chi connectivity index (χ2v) is 4.75. The molecule has 0 amide bonds. The van der Waals surface area contributed by atoms with Gasteiger partial charge in [0.2, 0.25) is 0 Å². The van der Waals surface area contributed by atoms with Crippen LogP contribution in [-0.2, 0) is 11.2 Å². The molecule has 3 heteroatoms. The third-order valence-corrected chi connectivity index (χ3v) is 3.60. The molecular weight excluding hydrogens is 202 g/mol. The molecule has 90 valence electrons. The van der Waals surface area contributed by atoms with Crippen LogP contribution in [0.5, 0.6) is 0 Å². The summed E-state index contributed by atoms with van der Waals surface area (Å²) in [7, 11) is 1.83. The molecule has 0 aromatic carbocycles. The Labute approximate surface area is 97.2 Å². The second kappa shape index (κ2) is 4.60. The summed E-state index contributed by atoms with van der Waals surface area (Å²) in [4.78, 5) is 0. The summed E-state index contributed by atoms with van der Waals surface area (Å²) in [6.45, 7) is 6.12. The van der Waals surface area contributed by atoms with E-state index in [2.05, 4.69) is 11.4 Å². The molecule has 2 rings (SSSR count). The van der Waals surface area contributed by atoms with Crippen molar-refractivity contribution in [2.24, 2.45) is 0 Å². The Balaban J connectivity index is 2.14. The molecule has 0 spiro atoms. The number of ether oxygens (including phenoxy) is 1. The lowest BCUT2D eigenvalue weighted by Gasteiger charge is -2.36. The number of hydrogen-bond donors (Lipinski definition) is 1. The standard InChI is InChI=1S/C13H21NO2/c1-10-8-12(11(2)16-10)9-13(15-3)4-6-14-7-5-13/h8,14H,4-7,9H2,1-3H3. The highest BCUT2D eigenvalue weighted by atomic mass is 16.5. The first-order valence-corrected chi connectivity index (χ1v) is 5.97. The van der Waals surface area contributed by atoms with Gasteiger partial charge < -0.3 is 14.5 Å². The molecule has 1 saturated heterocycles. The minimum atomic E-state index is 0.00627. The largest absolute Gasteiger partial charge is 0.466 e. The van der Waals surface area contributed by atoms with Crippen LogP contribution >= 0.6 is 0 Å². The van der Waals surface area contributed by atoms with E-state index in [4.69, 9.17) is 9.15 Å². The number of hydrogen-bond acceptors (Lipinski definition) is 3. The number of piperidine rings is 1. The Morgan fingerprint density at radius 1 is 1.38 bits per heavy atom. The Morgan fingerprint density at radius 2 is 2.06 bits per heavy atom. The predicted octanol–water partition coefficient (Wildman–Crippen LogP) is 2.21. The van der Waals surface area contributed by atoms with Crippen molar-refractivity contribution < 1.29 is 9.15 Å². The number of rotatable bonds is 3. The van der Waals surface area contributed by atoms with Crippen LogP contribution in [0.25, 0.3) is 0 Å². The maximum Gasteiger partial charge on any atom is 0.104 e. The van der Waals surface area contributed by atoms with Crippen LogP contribution in [0.1, 0.15) is 29.9 Å². The molecule has 0 radical (unpaired) electrons. The molecule has 3 nitrogen and oxygen atoms in total. The molecule has 1 aliphatic rings. The maximum atomic E-state index is 5.77. The van der Waals surface area contributed by atoms with Gasteiger partial charge in [0.1, 0.15) is 11.5 Å². The van der Waals surface area contributed by atoms with Crippen molar-refractivity contribution in [2.45, 2.75) is 38.7 Å². The molecule has 1 N–H and O–H groups in total. The Hall–Kier alpha value is -0.800. The van der Waals surface area contributed by atoms with E-state index >= 15 is 0 Å². The highest BCUT2D eigenvalue weighted by Gasteiger charge is 2.32. The van der Waals surface area contributed by atoms with E-state index in [9.17, 15) is 0 Å². The van der Waals surface area contributed by atoms with Crippen LogP contribution in [0.4, 0.5) is 0 Å². The highest BCUT2D eigenvalue weighted by Crippen LogP contribution is 2.29. The SMILES string of the molecule is COC1(Cc2cc(C)oc2C)CCNCC1. The number of methoxy groups -OCH3 is 1. The van der Waals surface area contributed by atoms with Gasteiger partial charge in [0, 0.05) is 13.5 Å². The lowest BCUT2D eigenvalue weighted by atomic mass is 9.86. The van der Waals surface area contributed by atoms with E-state index in [1.807, 2.05) is 21.0 Å². The summed E-state index contributed by atoms with van der Waals surface area (Å²) in [5, 5.41) is 3.38. The van der Waals surface area contributed by atoms with Gasteiger partial charge in [0.05, 0.1) is 5.60 Å². The van der Waals surface area contributed by atoms with Crippen molar-refractivity contribution in [2.75, 3.05) is 20.2 Å². The van der Waals surface area contributed by atoms with Gasteiger partial charge in [-0.15, -0.1) is 0 Å². The molecule has 0 unspecified atom stereocenters. The van der Waals surface area contributed by atoms with Gasteiger partial charge in [0.15, 0.2) is 0 Å². The predicted molar refractivity (Wildman–Crippen MR) is 63.7 cm³/mol. The molecule has 0 atom stereocenters. The van der Waals surface area contributed by atoms with Crippen molar-refractivity contribution in [3.63, 3.8) is 0 Å². The van der Waals surface area contributed by atoms with Gasteiger partial charge in [-0.3, -0.25) is 0 Å². The average molecular weight is 223 g/mol. The maximum absolute atomic E-state index is 5.77. The molecule has 16 heavy (non-hydrogen) atoms. The Bertz CT molecular complexity index is 351. The van der Waals surface area contributed by atoms with Crippen LogP contribution in [0, 0.1) is 13.8 Å². The van der Waals surface area contributed by atoms with E-state index < -0.39 is 0 Å². The van der Waals surface area contributed by atoms with Crippen molar-refractivity contribution in [3.05, 3.63) is 23.2 Å². The monoisotopic (exact) mass is 223 g/mol. The van der Waals surface area contributed by atoms with Crippen LogP contribution in [0.2, 0.25) is 0 Å². The normalized spacial score (nSPS) is 19.9. The van der Waals surface area contributed by atoms with E-state index in [1.165, 1.54) is 5.56 Å². The summed E-state index contributed by atoms with van der Waals surface area (Å²) >= 11 is 0. The summed E-state index contributed by atoms with van der Waals surface area (Å²) in [6, 6.07) is 2.14. The molecular formula is C13H21NO2. The fourth-order valence-electron chi connectivity index (χ4n) is 2.54. The first-order valence-electron chi connectivity index (χ1n) is 5.97. The Kier molecular flexibility index (Phi) is 3.36. The lowest BCUT2D eigenvalue weighted by Crippen LogP contribution is -2.45. The fraction of sp³-hybridized carbons (Fsp3) is 0.692. The van der Waals surface area contributed by atoms with Crippen LogP contribution in [0.3, 0.4) is 0 Å². The molecule has 2 heterocycles. The van der Waals surface area contributed by atoms with Crippen molar-refractivity contribution in [1.82, 2.24) is 5.32 Å². The molecule has 0 saturated carbocycles. The fourth-order valence-corrected chi connectivity index (χ4v) is 2.54. The number of nitrogens with one attached hydrogen (secondary N) is 1. The minimum absolute atomic E-state index is 0.00627. The third kappa shape index (κ3) is 2.30. The average Bonchev–Trinajstić information content (AvgIpc) is 2.59. The van der Waals surface area contributed by atoms with E-state index in [0.29, 0.717) is 0 Å². The zero-order chi connectivity index (χ0) is 11.6. The third-order valence-electron chi connectivity index (χ3n) is 3.60. The zero-order valence-electron chi connectivity index (χ0n) is 10.4. The minimum Gasteiger partial charge on any atom is -0.466 e. The van der Waals surface area contributed by atoms with Gasteiger partial charge in [-0.25, -0.2) is 0 Å². The van der Waals surface area contributed by atoms with Crippen LogP contribution in [-0.4, -0.2) is 25.8 Å². The van der Waals surface area contributed by atoms with Crippen molar-refractivity contribution in [3.8, 4) is 0 Å². The first-order chi connectivity index (χ1) is 7.65. The number of aryl methyl sites for hydroxylation is 2. The second-order valence-electron chi connectivity index (χ2n) is 4.75. The van der Waals surface area contributed by atoms with Gasteiger partial charge in [0.25, 0.3) is 0 Å². The summed E-state index contributed by atoms with van der Waals surface area (Å²) < 4.78 is 11.3. The van der Waals surface area contributed by atoms with Crippen LogP contribution in [0.15, 0.2) is 10.5 Å². The quantitative estimate of drug-likeness (QED) is 0.853. The Morgan fingerprint density at radius 3 is 2.56 bits per heavy atom. The van der Waals surface area contributed by atoms with E-state index in [1.54, 1.807) is 0 Å². The van der Waals surface area contributed by atoms with Gasteiger partial charge in [-0.1, -0.05) is 0 Å². The van der Waals surface area contributed by atoms with Crippen LogP contribution < -0.4 is 5.32 Å². The lowest BCUT2D eigenvalue weighted by molar-refractivity contribution is -0.0335. The summed E-state index contributed by atoms with van der Waals surface area (Å²) in [5.41, 5.74) is 1.30. The molecule has 1 aromatic heterocycles. The first kappa shape index (κ1) is 11.7. The van der Waals surface area contributed by atoms with Crippen molar-refractivity contribution in [1.29, 1.82) is 0 Å². The zero-order valence-corrected chi connectivity index (χ0v) is 10.4. The smallest absolute Gasteiger partial charge is 0.104 e.